The molecule has 0 radical (unpaired) electrons. The van der Waals surface area contributed by atoms with Crippen molar-refractivity contribution in [2.24, 2.45) is 7.05 Å². The van der Waals surface area contributed by atoms with Crippen LogP contribution in [0, 0.1) is 12.7 Å². The van der Waals surface area contributed by atoms with E-state index in [2.05, 4.69) is 20.2 Å². The standard InChI is InChI=1S/C19H21FN6O3/c1-10-12(28-3)7-11-15(14(10)20)25(2)17(16(11)26-6-5-21-9-26)19-22-18(23-24-19)13(8-27)29-4/h5-7,9,13,27H,8H2,1-4H3,(H,22,23,24). The first-order valence-electron chi connectivity index (χ1n) is 8.91. The number of aryl methyl sites for hydroxylation is 1. The van der Waals surface area contributed by atoms with E-state index in [1.54, 1.807) is 47.9 Å². The van der Waals surface area contributed by atoms with Crippen LogP contribution >= 0.6 is 0 Å². The smallest absolute Gasteiger partial charge is 0.200 e. The summed E-state index contributed by atoms with van der Waals surface area (Å²) in [7, 11) is 4.74. The van der Waals surface area contributed by atoms with Crippen LogP contribution in [0.15, 0.2) is 24.8 Å². The van der Waals surface area contributed by atoms with Gasteiger partial charge in [-0.1, -0.05) is 0 Å². The summed E-state index contributed by atoms with van der Waals surface area (Å²) < 4.78 is 29.3. The zero-order chi connectivity index (χ0) is 20.7. The number of fused-ring (bicyclic) bond motifs is 1. The minimum atomic E-state index is -0.637. The van der Waals surface area contributed by atoms with Crippen molar-refractivity contribution in [3.63, 3.8) is 0 Å². The Balaban J connectivity index is 2.05. The lowest BCUT2D eigenvalue weighted by Gasteiger charge is -2.08. The molecule has 1 aromatic carbocycles. The molecule has 2 N–H and O–H groups in total. The van der Waals surface area contributed by atoms with Gasteiger partial charge in [-0.3, -0.25) is 5.10 Å². The summed E-state index contributed by atoms with van der Waals surface area (Å²) in [6.07, 6.45) is 4.39. The third-order valence-corrected chi connectivity index (χ3v) is 5.04. The molecule has 10 heteroatoms. The molecule has 3 heterocycles. The quantitative estimate of drug-likeness (QED) is 0.515. The highest BCUT2D eigenvalue weighted by Crippen LogP contribution is 2.39. The van der Waals surface area contributed by atoms with Crippen molar-refractivity contribution < 1.29 is 19.0 Å². The lowest BCUT2D eigenvalue weighted by atomic mass is 10.1. The first kappa shape index (κ1) is 19.1. The number of halogens is 1. The van der Waals surface area contributed by atoms with Crippen LogP contribution in [0.2, 0.25) is 0 Å². The van der Waals surface area contributed by atoms with E-state index in [9.17, 15) is 5.11 Å². The van der Waals surface area contributed by atoms with Gasteiger partial charge in [0, 0.05) is 37.5 Å². The number of H-pyrrole nitrogens is 1. The van der Waals surface area contributed by atoms with Crippen molar-refractivity contribution in [2.45, 2.75) is 13.0 Å². The van der Waals surface area contributed by atoms with Crippen molar-refractivity contribution in [1.82, 2.24) is 29.3 Å². The molecule has 0 amide bonds. The first-order valence-corrected chi connectivity index (χ1v) is 8.91. The van der Waals surface area contributed by atoms with Gasteiger partial charge >= 0.3 is 0 Å². The van der Waals surface area contributed by atoms with Crippen molar-refractivity contribution >= 4 is 10.9 Å². The van der Waals surface area contributed by atoms with Gasteiger partial charge in [0.25, 0.3) is 0 Å². The summed E-state index contributed by atoms with van der Waals surface area (Å²) in [5, 5.41) is 17.2. The number of hydrogen-bond donors (Lipinski definition) is 2. The van der Waals surface area contributed by atoms with Gasteiger partial charge in [0.1, 0.15) is 17.5 Å². The van der Waals surface area contributed by atoms with Crippen molar-refractivity contribution in [3.8, 4) is 23.0 Å². The second-order valence-corrected chi connectivity index (χ2v) is 6.59. The number of rotatable bonds is 6. The van der Waals surface area contributed by atoms with E-state index in [4.69, 9.17) is 9.47 Å². The van der Waals surface area contributed by atoms with Gasteiger partial charge in [-0.15, -0.1) is 0 Å². The maximum absolute atomic E-state index is 15.3. The number of nitrogens with zero attached hydrogens (tertiary/aromatic N) is 5. The fourth-order valence-electron chi connectivity index (χ4n) is 3.54. The average molecular weight is 400 g/mol. The van der Waals surface area contributed by atoms with E-state index in [-0.39, 0.29) is 12.4 Å². The van der Waals surface area contributed by atoms with Crippen LogP contribution in [0.3, 0.4) is 0 Å². The second kappa shape index (κ2) is 7.30. The zero-order valence-corrected chi connectivity index (χ0v) is 16.5. The molecule has 0 aliphatic rings. The Kier molecular flexibility index (Phi) is 4.81. The number of aliphatic hydroxyl groups is 1. The van der Waals surface area contributed by atoms with Gasteiger partial charge in [-0.05, 0) is 13.0 Å². The van der Waals surface area contributed by atoms with Gasteiger partial charge in [-0.25, -0.2) is 14.4 Å². The summed E-state index contributed by atoms with van der Waals surface area (Å²) in [5.41, 5.74) is 2.07. The van der Waals surface area contributed by atoms with E-state index in [1.165, 1.54) is 14.2 Å². The molecule has 152 valence electrons. The van der Waals surface area contributed by atoms with Crippen molar-refractivity contribution in [2.75, 3.05) is 20.8 Å². The molecule has 0 aliphatic heterocycles. The highest BCUT2D eigenvalue weighted by molar-refractivity contribution is 5.98. The predicted molar refractivity (Wildman–Crippen MR) is 104 cm³/mol. The number of methoxy groups -OCH3 is 2. The Hall–Kier alpha value is -3.24. The molecule has 4 aromatic rings. The van der Waals surface area contributed by atoms with Crippen LogP contribution in [0.1, 0.15) is 17.5 Å². The number of aromatic amines is 1. The Morgan fingerprint density at radius 1 is 1.34 bits per heavy atom. The van der Waals surface area contributed by atoms with Gasteiger partial charge in [-0.2, -0.15) is 5.10 Å². The van der Waals surface area contributed by atoms with Crippen LogP contribution in [0.4, 0.5) is 4.39 Å². The molecule has 0 fully saturated rings. The SMILES string of the molecule is COc1cc2c(-n3ccnc3)c(-c3n[nH]c(C(CO)OC)n3)n(C)c2c(F)c1C. The average Bonchev–Trinajstić information content (AvgIpc) is 3.45. The number of imidazole rings is 1. The Labute approximate surface area is 165 Å². The second-order valence-electron chi connectivity index (χ2n) is 6.59. The summed E-state index contributed by atoms with van der Waals surface area (Å²) in [4.78, 5) is 8.60. The van der Waals surface area contributed by atoms with E-state index in [0.29, 0.717) is 45.2 Å². The van der Waals surface area contributed by atoms with Gasteiger partial charge in [0.05, 0.1) is 31.2 Å². The lowest BCUT2D eigenvalue weighted by Crippen LogP contribution is -2.08. The van der Waals surface area contributed by atoms with Gasteiger partial charge < -0.3 is 23.7 Å². The summed E-state index contributed by atoms with van der Waals surface area (Å²) in [6, 6.07) is 1.80. The van der Waals surface area contributed by atoms with Crippen molar-refractivity contribution in [1.29, 1.82) is 0 Å². The highest BCUT2D eigenvalue weighted by Gasteiger charge is 2.26. The largest absolute Gasteiger partial charge is 0.496 e. The number of benzene rings is 1. The monoisotopic (exact) mass is 400 g/mol. The van der Waals surface area contributed by atoms with Crippen LogP contribution in [0.5, 0.6) is 5.75 Å². The Bertz CT molecular complexity index is 1160. The fourth-order valence-corrected chi connectivity index (χ4v) is 3.54. The maximum Gasteiger partial charge on any atom is 0.200 e. The fraction of sp³-hybridized carbons (Fsp3) is 0.316. The van der Waals surface area contributed by atoms with Crippen LogP contribution in [0.25, 0.3) is 28.1 Å². The predicted octanol–water partition coefficient (Wildman–Crippen LogP) is 2.29. The number of ether oxygens (including phenoxy) is 2. The molecule has 9 nitrogen and oxygen atoms in total. The molecule has 0 bridgehead atoms. The van der Waals surface area contributed by atoms with Crippen molar-refractivity contribution in [3.05, 3.63) is 42.0 Å². The topological polar surface area (TPSA) is 103 Å². The molecule has 3 aromatic heterocycles. The van der Waals surface area contributed by atoms with E-state index in [1.807, 2.05) is 0 Å². The van der Waals surface area contributed by atoms with E-state index >= 15 is 4.39 Å². The number of aliphatic hydroxyl groups excluding tert-OH is 1. The zero-order valence-electron chi connectivity index (χ0n) is 16.5. The summed E-state index contributed by atoms with van der Waals surface area (Å²) in [6.45, 7) is 1.42. The molecule has 0 spiro atoms. The first-order chi connectivity index (χ1) is 14.0. The van der Waals surface area contributed by atoms with Crippen LogP contribution < -0.4 is 4.74 Å². The third kappa shape index (κ3) is 2.88. The van der Waals surface area contributed by atoms with E-state index < -0.39 is 6.10 Å². The molecule has 0 saturated carbocycles. The molecule has 1 unspecified atom stereocenters. The van der Waals surface area contributed by atoms with Gasteiger partial charge in [0.15, 0.2) is 17.5 Å². The maximum atomic E-state index is 15.3. The third-order valence-electron chi connectivity index (χ3n) is 5.04. The molecular formula is C19H21FN6O3. The molecule has 0 saturated heterocycles. The highest BCUT2D eigenvalue weighted by atomic mass is 19.1. The summed E-state index contributed by atoms with van der Waals surface area (Å²) >= 11 is 0. The molecule has 29 heavy (non-hydrogen) atoms. The molecule has 1 atom stereocenters. The molecule has 4 rings (SSSR count). The Morgan fingerprint density at radius 2 is 2.14 bits per heavy atom. The van der Waals surface area contributed by atoms with Crippen LogP contribution in [-0.4, -0.2) is 55.2 Å². The number of nitrogens with one attached hydrogen (secondary N) is 1. The summed E-state index contributed by atoms with van der Waals surface area (Å²) in [5.74, 6) is 0.786. The van der Waals surface area contributed by atoms with Crippen LogP contribution in [-0.2, 0) is 11.8 Å². The van der Waals surface area contributed by atoms with Gasteiger partial charge in [0.2, 0.25) is 0 Å². The Morgan fingerprint density at radius 3 is 2.76 bits per heavy atom. The normalized spacial score (nSPS) is 12.6. The molecular weight excluding hydrogens is 379 g/mol. The number of aromatic nitrogens is 6. The minimum absolute atomic E-state index is 0.250. The lowest BCUT2D eigenvalue weighted by molar-refractivity contribution is 0.0426. The van der Waals surface area contributed by atoms with E-state index in [0.717, 1.165) is 0 Å². The number of hydrogen-bond acceptors (Lipinski definition) is 6. The molecule has 0 aliphatic carbocycles. The minimum Gasteiger partial charge on any atom is -0.496 e.